The summed E-state index contributed by atoms with van der Waals surface area (Å²) in [5, 5.41) is 9.94. The molecule has 0 saturated carbocycles. The lowest BCUT2D eigenvalue weighted by molar-refractivity contribution is -0.143. The first-order valence-corrected chi connectivity index (χ1v) is 7.77. The first-order valence-electron chi connectivity index (χ1n) is 7.77. The van der Waals surface area contributed by atoms with Gasteiger partial charge in [0.05, 0.1) is 31.2 Å². The van der Waals surface area contributed by atoms with Crippen molar-refractivity contribution >= 4 is 28.9 Å². The first kappa shape index (κ1) is 16.1. The number of aliphatic carboxylic acids is 1. The summed E-state index contributed by atoms with van der Waals surface area (Å²) in [7, 11) is 0. The van der Waals surface area contributed by atoms with E-state index >= 15 is 0 Å². The van der Waals surface area contributed by atoms with Crippen LogP contribution >= 0.6 is 0 Å². The van der Waals surface area contributed by atoms with Gasteiger partial charge >= 0.3 is 5.97 Å². The summed E-state index contributed by atoms with van der Waals surface area (Å²) in [5.41, 5.74) is 1.76. The van der Waals surface area contributed by atoms with E-state index in [1.807, 2.05) is 30.3 Å². The molecule has 1 aliphatic heterocycles. The Labute approximate surface area is 139 Å². The van der Waals surface area contributed by atoms with Crippen LogP contribution in [0.1, 0.15) is 12.0 Å². The molecule has 1 atom stereocenters. The molecule has 1 unspecified atom stereocenters. The number of benzene rings is 1. The van der Waals surface area contributed by atoms with Gasteiger partial charge in [-0.1, -0.05) is 18.2 Å². The maximum absolute atomic E-state index is 12.5. The molecule has 2 aromatic rings. The molecule has 0 spiro atoms. The largest absolute Gasteiger partial charge is 0.481 e. The summed E-state index contributed by atoms with van der Waals surface area (Å²) in [6, 6.07) is 9.13. The number of carboxylic acid groups (broad SMARTS) is 1. The summed E-state index contributed by atoms with van der Waals surface area (Å²) >= 11 is 0. The van der Waals surface area contributed by atoms with Gasteiger partial charge in [0.1, 0.15) is 0 Å². The smallest absolute Gasteiger partial charge is 0.305 e. The number of para-hydroxylation sites is 1. The second-order valence-corrected chi connectivity index (χ2v) is 5.61. The number of amides is 1. The van der Waals surface area contributed by atoms with Gasteiger partial charge in [-0.25, -0.2) is 0 Å². The number of pyridine rings is 1. The Morgan fingerprint density at radius 1 is 1.33 bits per heavy atom. The first-order chi connectivity index (χ1) is 11.6. The van der Waals surface area contributed by atoms with Crippen molar-refractivity contribution in [2.45, 2.75) is 12.5 Å². The zero-order chi connectivity index (χ0) is 16.9. The highest BCUT2D eigenvalue weighted by Gasteiger charge is 2.27. The molecule has 1 aliphatic rings. The number of carboxylic acids is 1. The second kappa shape index (κ2) is 7.23. The predicted molar refractivity (Wildman–Crippen MR) is 89.3 cm³/mol. The number of morpholine rings is 1. The molecular weight excluding hydrogens is 308 g/mol. The lowest BCUT2D eigenvalue weighted by Gasteiger charge is -2.34. The van der Waals surface area contributed by atoms with E-state index in [9.17, 15) is 9.59 Å². The SMILES string of the molecule is O=C(O)CC1COCCN1C(=O)C=Cc1ccnc2ccccc12. The summed E-state index contributed by atoms with van der Waals surface area (Å²) in [6.07, 6.45) is 4.83. The van der Waals surface area contributed by atoms with Gasteiger partial charge in [0, 0.05) is 24.2 Å². The molecule has 2 heterocycles. The van der Waals surface area contributed by atoms with Gasteiger partial charge in [-0.15, -0.1) is 0 Å². The maximum Gasteiger partial charge on any atom is 0.305 e. The van der Waals surface area contributed by atoms with E-state index in [0.717, 1.165) is 16.5 Å². The third kappa shape index (κ3) is 3.60. The number of carbonyl (C=O) groups excluding carboxylic acids is 1. The average molecular weight is 326 g/mol. The summed E-state index contributed by atoms with van der Waals surface area (Å²) in [4.78, 5) is 29.3. The van der Waals surface area contributed by atoms with Crippen LogP contribution in [0.3, 0.4) is 0 Å². The van der Waals surface area contributed by atoms with Crippen molar-refractivity contribution < 1.29 is 19.4 Å². The van der Waals surface area contributed by atoms with Crippen molar-refractivity contribution in [2.24, 2.45) is 0 Å². The lowest BCUT2D eigenvalue weighted by atomic mass is 10.1. The van der Waals surface area contributed by atoms with Crippen LogP contribution in [0.5, 0.6) is 0 Å². The van der Waals surface area contributed by atoms with Gasteiger partial charge in [-0.05, 0) is 23.8 Å². The quantitative estimate of drug-likeness (QED) is 0.869. The minimum absolute atomic E-state index is 0.113. The van der Waals surface area contributed by atoms with E-state index in [2.05, 4.69) is 4.98 Å². The van der Waals surface area contributed by atoms with E-state index < -0.39 is 12.0 Å². The van der Waals surface area contributed by atoms with E-state index in [-0.39, 0.29) is 18.9 Å². The molecule has 1 aromatic heterocycles. The van der Waals surface area contributed by atoms with Crippen LogP contribution in [0, 0.1) is 0 Å². The summed E-state index contributed by atoms with van der Waals surface area (Å²) in [5.74, 6) is -1.14. The second-order valence-electron chi connectivity index (χ2n) is 5.61. The third-order valence-electron chi connectivity index (χ3n) is 4.01. The van der Waals surface area contributed by atoms with Crippen molar-refractivity contribution in [3.63, 3.8) is 0 Å². The van der Waals surface area contributed by atoms with Crippen molar-refractivity contribution in [1.82, 2.24) is 9.88 Å². The monoisotopic (exact) mass is 326 g/mol. The van der Waals surface area contributed by atoms with E-state index in [1.54, 1.807) is 17.2 Å². The molecule has 0 radical (unpaired) electrons. The molecular formula is C18H18N2O4. The molecule has 1 amide bonds. The van der Waals surface area contributed by atoms with Crippen molar-refractivity contribution in [3.05, 3.63) is 48.2 Å². The molecule has 6 heteroatoms. The van der Waals surface area contributed by atoms with Crippen molar-refractivity contribution in [1.29, 1.82) is 0 Å². The van der Waals surface area contributed by atoms with Crippen LogP contribution in [0.2, 0.25) is 0 Å². The standard InChI is InChI=1S/C18H18N2O4/c21-17(20-9-10-24-12-14(20)11-18(22)23)6-5-13-7-8-19-16-4-2-1-3-15(13)16/h1-8,14H,9-12H2,(H,22,23). The maximum atomic E-state index is 12.5. The van der Waals surface area contributed by atoms with E-state index in [1.165, 1.54) is 6.08 Å². The van der Waals surface area contributed by atoms with Gasteiger partial charge in [-0.2, -0.15) is 0 Å². The Morgan fingerprint density at radius 2 is 2.17 bits per heavy atom. The van der Waals surface area contributed by atoms with Crippen LogP contribution in [0.4, 0.5) is 0 Å². The zero-order valence-corrected chi connectivity index (χ0v) is 13.1. The predicted octanol–water partition coefficient (Wildman–Crippen LogP) is 1.95. The Bertz CT molecular complexity index is 782. The Morgan fingerprint density at radius 3 is 3.00 bits per heavy atom. The Hall–Kier alpha value is -2.73. The lowest BCUT2D eigenvalue weighted by Crippen LogP contribution is -2.49. The van der Waals surface area contributed by atoms with E-state index in [4.69, 9.17) is 9.84 Å². The van der Waals surface area contributed by atoms with Gasteiger partial charge in [0.2, 0.25) is 5.91 Å². The molecule has 1 fully saturated rings. The number of hydrogen-bond donors (Lipinski definition) is 1. The van der Waals surface area contributed by atoms with Gasteiger partial charge in [0.15, 0.2) is 0 Å². The van der Waals surface area contributed by atoms with Crippen LogP contribution in [-0.2, 0) is 14.3 Å². The third-order valence-corrected chi connectivity index (χ3v) is 4.01. The number of aromatic nitrogens is 1. The number of ether oxygens (including phenoxy) is 1. The van der Waals surface area contributed by atoms with Crippen LogP contribution in [0.25, 0.3) is 17.0 Å². The molecule has 3 rings (SSSR count). The van der Waals surface area contributed by atoms with Crippen molar-refractivity contribution in [3.8, 4) is 0 Å². The highest BCUT2D eigenvalue weighted by atomic mass is 16.5. The Kier molecular flexibility index (Phi) is 4.86. The number of fused-ring (bicyclic) bond motifs is 1. The van der Waals surface area contributed by atoms with E-state index in [0.29, 0.717) is 13.2 Å². The fourth-order valence-electron chi connectivity index (χ4n) is 2.84. The fraction of sp³-hybridized carbons (Fsp3) is 0.278. The summed E-state index contributed by atoms with van der Waals surface area (Å²) < 4.78 is 5.29. The van der Waals surface area contributed by atoms with Gasteiger partial charge < -0.3 is 14.7 Å². The molecule has 0 bridgehead atoms. The molecule has 6 nitrogen and oxygen atoms in total. The number of hydrogen-bond acceptors (Lipinski definition) is 4. The number of carbonyl (C=O) groups is 2. The normalized spacial score (nSPS) is 18.2. The molecule has 24 heavy (non-hydrogen) atoms. The number of nitrogens with zero attached hydrogens (tertiary/aromatic N) is 2. The minimum atomic E-state index is -0.938. The van der Waals surface area contributed by atoms with Gasteiger partial charge in [-0.3, -0.25) is 14.6 Å². The molecule has 1 aromatic carbocycles. The number of rotatable bonds is 4. The molecule has 1 N–H and O–H groups in total. The summed E-state index contributed by atoms with van der Waals surface area (Å²) in [6.45, 7) is 1.08. The highest BCUT2D eigenvalue weighted by Crippen LogP contribution is 2.18. The van der Waals surface area contributed by atoms with Crippen LogP contribution in [0.15, 0.2) is 42.6 Å². The fourth-order valence-corrected chi connectivity index (χ4v) is 2.84. The Balaban J connectivity index is 1.79. The molecule has 1 saturated heterocycles. The van der Waals surface area contributed by atoms with Crippen LogP contribution in [-0.4, -0.2) is 52.7 Å². The van der Waals surface area contributed by atoms with Crippen molar-refractivity contribution in [2.75, 3.05) is 19.8 Å². The van der Waals surface area contributed by atoms with Crippen LogP contribution < -0.4 is 0 Å². The highest BCUT2D eigenvalue weighted by molar-refractivity contribution is 5.96. The molecule has 0 aliphatic carbocycles. The minimum Gasteiger partial charge on any atom is -0.481 e. The average Bonchev–Trinajstić information content (AvgIpc) is 2.59. The molecule has 124 valence electrons. The van der Waals surface area contributed by atoms with Gasteiger partial charge in [0.25, 0.3) is 0 Å². The topological polar surface area (TPSA) is 79.7 Å². The zero-order valence-electron chi connectivity index (χ0n) is 13.1.